The van der Waals surface area contributed by atoms with Crippen molar-refractivity contribution in [3.63, 3.8) is 0 Å². The molecular weight excluding hydrogens is 370 g/mol. The van der Waals surface area contributed by atoms with Crippen LogP contribution in [0.25, 0.3) is 16.9 Å². The van der Waals surface area contributed by atoms with Gasteiger partial charge in [0.15, 0.2) is 0 Å². The fourth-order valence-corrected chi connectivity index (χ4v) is 2.70. The second-order valence-electron chi connectivity index (χ2n) is 5.98. The van der Waals surface area contributed by atoms with Gasteiger partial charge in [-0.2, -0.15) is 13.9 Å². The lowest BCUT2D eigenvalue weighted by molar-refractivity contribution is 0.398. The quantitative estimate of drug-likeness (QED) is 0.668. The molecule has 0 unspecified atom stereocenters. The van der Waals surface area contributed by atoms with Gasteiger partial charge in [-0.15, -0.1) is 0 Å². The predicted molar refractivity (Wildman–Crippen MR) is 98.5 cm³/mol. The molecular formula is C18H18F2N6O2. The van der Waals surface area contributed by atoms with E-state index in [0.29, 0.717) is 17.3 Å². The lowest BCUT2D eigenvalue weighted by Gasteiger charge is -2.10. The smallest absolute Gasteiger partial charge is 0.349 e. The van der Waals surface area contributed by atoms with Gasteiger partial charge >= 0.3 is 5.69 Å². The monoisotopic (exact) mass is 388 g/mol. The summed E-state index contributed by atoms with van der Waals surface area (Å²) in [5, 5.41) is 6.12. The third-order valence-corrected chi connectivity index (χ3v) is 4.17. The predicted octanol–water partition coefficient (Wildman–Crippen LogP) is 1.99. The number of nitrogens with one attached hydrogen (secondary N) is 1. The Morgan fingerprint density at radius 2 is 2.00 bits per heavy atom. The second-order valence-corrected chi connectivity index (χ2v) is 5.98. The van der Waals surface area contributed by atoms with Crippen molar-refractivity contribution < 1.29 is 13.5 Å². The average molecular weight is 388 g/mol. The van der Waals surface area contributed by atoms with Gasteiger partial charge in [0.25, 0.3) is 6.08 Å². The molecule has 0 atom stereocenters. The van der Waals surface area contributed by atoms with Crippen molar-refractivity contribution in [1.29, 1.82) is 0 Å². The first-order chi connectivity index (χ1) is 13.4. The summed E-state index contributed by atoms with van der Waals surface area (Å²) in [5.74, 6) is 0.894. The Balaban J connectivity index is 2.00. The minimum Gasteiger partial charge on any atom is -0.481 e. The van der Waals surface area contributed by atoms with Gasteiger partial charge in [-0.1, -0.05) is 0 Å². The Labute approximate surface area is 158 Å². The van der Waals surface area contributed by atoms with Crippen LogP contribution in [0.15, 0.2) is 47.0 Å². The highest BCUT2D eigenvalue weighted by atomic mass is 19.3. The van der Waals surface area contributed by atoms with Crippen molar-refractivity contribution in [2.75, 3.05) is 13.7 Å². The first-order valence-corrected chi connectivity index (χ1v) is 8.31. The Hall–Kier alpha value is -3.40. The Kier molecular flexibility index (Phi) is 5.59. The minimum absolute atomic E-state index is 0.104. The highest BCUT2D eigenvalue weighted by molar-refractivity contribution is 5.63. The summed E-state index contributed by atoms with van der Waals surface area (Å²) in [6.45, 7) is 1.43. The lowest BCUT2D eigenvalue weighted by atomic mass is 10.1. The molecule has 28 heavy (non-hydrogen) atoms. The average Bonchev–Trinajstić information content (AvgIpc) is 3.06. The highest BCUT2D eigenvalue weighted by Gasteiger charge is 2.17. The largest absolute Gasteiger partial charge is 0.481 e. The molecule has 0 aliphatic heterocycles. The molecule has 0 saturated heterocycles. The number of rotatable bonds is 6. The number of H-pyrrole nitrogens is 1. The maximum Gasteiger partial charge on any atom is 0.349 e. The van der Waals surface area contributed by atoms with Crippen LogP contribution >= 0.6 is 0 Å². The van der Waals surface area contributed by atoms with E-state index in [0.717, 1.165) is 11.1 Å². The van der Waals surface area contributed by atoms with E-state index in [1.807, 2.05) is 12.1 Å². The maximum absolute atomic E-state index is 12.9. The van der Waals surface area contributed by atoms with E-state index in [1.54, 1.807) is 25.4 Å². The van der Waals surface area contributed by atoms with E-state index in [4.69, 9.17) is 10.5 Å². The molecule has 0 bridgehead atoms. The van der Waals surface area contributed by atoms with Gasteiger partial charge in [-0.3, -0.25) is 0 Å². The van der Waals surface area contributed by atoms with Crippen LogP contribution < -0.4 is 16.2 Å². The molecule has 146 valence electrons. The van der Waals surface area contributed by atoms with Crippen molar-refractivity contribution in [2.45, 2.75) is 13.3 Å². The number of methoxy groups -OCH3 is 1. The molecule has 10 heteroatoms. The molecule has 0 aliphatic rings. The highest BCUT2D eigenvalue weighted by Crippen LogP contribution is 2.23. The molecule has 0 radical (unpaired) electrons. The van der Waals surface area contributed by atoms with Crippen LogP contribution in [-0.4, -0.2) is 38.4 Å². The number of hydrogen-bond acceptors (Lipinski definition) is 6. The number of aromatic amines is 1. The zero-order valence-corrected chi connectivity index (χ0v) is 15.2. The molecule has 3 aromatic rings. The van der Waals surface area contributed by atoms with Crippen LogP contribution in [0.3, 0.4) is 0 Å². The molecule has 8 nitrogen and oxygen atoms in total. The van der Waals surface area contributed by atoms with Gasteiger partial charge < -0.3 is 10.5 Å². The molecule has 0 spiro atoms. The summed E-state index contributed by atoms with van der Waals surface area (Å²) in [5.41, 5.74) is 6.76. The normalized spacial score (nSPS) is 10.8. The van der Waals surface area contributed by atoms with Crippen LogP contribution in [-0.2, 0) is 6.42 Å². The number of pyridine rings is 2. The molecule has 3 N–H and O–H groups in total. The first-order valence-electron chi connectivity index (χ1n) is 8.31. The van der Waals surface area contributed by atoms with E-state index in [-0.39, 0.29) is 24.4 Å². The van der Waals surface area contributed by atoms with Gasteiger partial charge in [0.1, 0.15) is 11.6 Å². The van der Waals surface area contributed by atoms with Crippen LogP contribution in [0, 0.1) is 6.92 Å². The maximum atomic E-state index is 12.9. The summed E-state index contributed by atoms with van der Waals surface area (Å²) < 4.78 is 32.1. The minimum atomic E-state index is -1.88. The SMILES string of the molecule is COc1ccc(-c2cnc(-n3c(CC(CN)=C(F)F)n[nH]c3=O)c(C)c2)cn1. The summed E-state index contributed by atoms with van der Waals surface area (Å²) in [6, 6.07) is 5.38. The van der Waals surface area contributed by atoms with Crippen molar-refractivity contribution in [1.82, 2.24) is 24.7 Å². The zero-order valence-electron chi connectivity index (χ0n) is 15.2. The second kappa shape index (κ2) is 8.09. The van der Waals surface area contributed by atoms with Gasteiger partial charge in [0.05, 0.1) is 7.11 Å². The summed E-state index contributed by atoms with van der Waals surface area (Å²) >= 11 is 0. The Bertz CT molecular complexity index is 1070. The molecule has 0 aliphatic carbocycles. The van der Waals surface area contributed by atoms with Gasteiger partial charge in [-0.05, 0) is 24.6 Å². The molecule has 0 fully saturated rings. The van der Waals surface area contributed by atoms with E-state index in [1.165, 1.54) is 11.7 Å². The summed E-state index contributed by atoms with van der Waals surface area (Å²) in [7, 11) is 1.53. The Morgan fingerprint density at radius 1 is 1.25 bits per heavy atom. The molecule has 3 heterocycles. The van der Waals surface area contributed by atoms with Crippen LogP contribution in [0.2, 0.25) is 0 Å². The van der Waals surface area contributed by atoms with Crippen molar-refractivity contribution >= 4 is 0 Å². The molecule has 3 rings (SSSR count). The molecule has 0 amide bonds. The summed E-state index contributed by atoms with van der Waals surface area (Å²) in [4.78, 5) is 20.7. The topological polar surface area (TPSA) is 112 Å². The van der Waals surface area contributed by atoms with E-state index in [2.05, 4.69) is 20.2 Å². The van der Waals surface area contributed by atoms with Crippen LogP contribution in [0.5, 0.6) is 5.88 Å². The fraction of sp³-hybridized carbons (Fsp3) is 0.222. The number of aryl methyl sites for hydroxylation is 1. The van der Waals surface area contributed by atoms with Crippen molar-refractivity contribution in [3.05, 3.63) is 64.1 Å². The summed E-state index contributed by atoms with van der Waals surface area (Å²) in [6.07, 6.45) is 1.08. The third kappa shape index (κ3) is 3.81. The molecule has 3 aromatic heterocycles. The van der Waals surface area contributed by atoms with Crippen molar-refractivity contribution in [3.8, 4) is 22.8 Å². The fourth-order valence-electron chi connectivity index (χ4n) is 2.70. The number of hydrogen-bond donors (Lipinski definition) is 2. The number of nitrogens with zero attached hydrogens (tertiary/aromatic N) is 4. The molecule has 0 saturated carbocycles. The van der Waals surface area contributed by atoms with Crippen LogP contribution in [0.4, 0.5) is 8.78 Å². The van der Waals surface area contributed by atoms with Crippen LogP contribution in [0.1, 0.15) is 11.4 Å². The zero-order chi connectivity index (χ0) is 20.3. The molecule has 0 aromatic carbocycles. The van der Waals surface area contributed by atoms with Crippen molar-refractivity contribution in [2.24, 2.45) is 5.73 Å². The lowest BCUT2D eigenvalue weighted by Crippen LogP contribution is -2.20. The van der Waals surface area contributed by atoms with E-state index >= 15 is 0 Å². The van der Waals surface area contributed by atoms with Gasteiger partial charge in [0.2, 0.25) is 5.88 Å². The van der Waals surface area contributed by atoms with Gasteiger partial charge in [-0.25, -0.2) is 24.4 Å². The Morgan fingerprint density at radius 3 is 2.57 bits per heavy atom. The van der Waals surface area contributed by atoms with Gasteiger partial charge in [0, 0.05) is 48.1 Å². The number of ether oxygens (including phenoxy) is 1. The third-order valence-electron chi connectivity index (χ3n) is 4.17. The number of aromatic nitrogens is 5. The number of nitrogens with two attached hydrogens (primary N) is 1. The standard InChI is InChI=1S/C18H18F2N6O2/c1-10-5-13(11-3-4-15(28-2)22-8-11)9-23-17(10)26-14(24-25-18(26)27)6-12(7-21)16(19)20/h3-5,8-9H,6-7,21H2,1-2H3,(H,25,27). The number of halogens is 2. The first kappa shape index (κ1) is 19.4. The van der Waals surface area contributed by atoms with E-state index in [9.17, 15) is 13.6 Å². The van der Waals surface area contributed by atoms with E-state index < -0.39 is 11.8 Å².